The molecular weight excluding hydrogens is 837 g/mol. The second-order valence-electron chi connectivity index (χ2n) is 16.9. The van der Waals surface area contributed by atoms with E-state index in [1.54, 1.807) is 0 Å². The molecule has 10 aromatic carbocycles. The van der Waals surface area contributed by atoms with Crippen LogP contribution >= 0.6 is 0 Å². The van der Waals surface area contributed by atoms with Crippen molar-refractivity contribution in [2.75, 3.05) is 0 Å². The van der Waals surface area contributed by atoms with Gasteiger partial charge in [0.1, 0.15) is 16.7 Å². The molecule has 0 spiro atoms. The van der Waals surface area contributed by atoms with Gasteiger partial charge in [0.15, 0.2) is 31.1 Å². The van der Waals surface area contributed by atoms with E-state index in [0.717, 1.165) is 76.8 Å². The number of fused-ring (bicyclic) bond motifs is 8. The molecule has 0 amide bonds. The summed E-state index contributed by atoms with van der Waals surface area (Å²) >= 11 is 0. The largest absolute Gasteiger partial charge is 0.456 e. The fraction of sp³-hybridized carbons (Fsp3) is 0. The Bertz CT molecular complexity index is 3890. The molecular formula is C60H38N4O2Si. The predicted octanol–water partition coefficient (Wildman–Crippen LogP) is 12.3. The van der Waals surface area contributed by atoms with Gasteiger partial charge >= 0.3 is 0 Å². The van der Waals surface area contributed by atoms with E-state index in [-0.39, 0.29) is 0 Å². The Morgan fingerprint density at radius 3 is 1.58 bits per heavy atom. The van der Waals surface area contributed by atoms with Crippen LogP contribution in [-0.4, -0.2) is 28.0 Å². The van der Waals surface area contributed by atoms with E-state index < -0.39 is 8.07 Å². The van der Waals surface area contributed by atoms with Gasteiger partial charge in [0.05, 0.1) is 0 Å². The van der Waals surface area contributed by atoms with Gasteiger partial charge in [-0.3, -0.25) is 0 Å². The average molecular weight is 875 g/mol. The average Bonchev–Trinajstić information content (AvgIpc) is 4.02. The maximum Gasteiger partial charge on any atom is 0.227 e. The molecule has 314 valence electrons. The maximum atomic E-state index is 6.62. The molecule has 0 saturated heterocycles. The fourth-order valence-electron chi connectivity index (χ4n) is 10.0. The van der Waals surface area contributed by atoms with Crippen molar-refractivity contribution < 1.29 is 8.83 Å². The zero-order chi connectivity index (χ0) is 44.3. The van der Waals surface area contributed by atoms with Crippen LogP contribution in [0.25, 0.3) is 100 Å². The van der Waals surface area contributed by atoms with E-state index in [0.29, 0.717) is 23.4 Å². The number of para-hydroxylation sites is 1. The summed E-state index contributed by atoms with van der Waals surface area (Å²) in [5.74, 6) is 2.28. The zero-order valence-corrected chi connectivity index (χ0v) is 37.0. The van der Waals surface area contributed by atoms with Crippen LogP contribution in [0.5, 0.6) is 0 Å². The topological polar surface area (TPSA) is 77.8 Å². The molecule has 0 bridgehead atoms. The minimum atomic E-state index is -2.87. The molecule has 0 atom stereocenters. The molecule has 0 aliphatic carbocycles. The highest BCUT2D eigenvalue weighted by molar-refractivity contribution is 7.19. The van der Waals surface area contributed by atoms with Crippen molar-refractivity contribution in [3.63, 3.8) is 0 Å². The monoisotopic (exact) mass is 874 g/mol. The fourth-order valence-corrected chi connectivity index (χ4v) is 14.8. The van der Waals surface area contributed by atoms with E-state index in [2.05, 4.69) is 164 Å². The van der Waals surface area contributed by atoms with Crippen molar-refractivity contribution in [2.24, 2.45) is 0 Å². The Hall–Kier alpha value is -8.78. The molecule has 0 unspecified atom stereocenters. The SMILES string of the molecule is c1ccc(-c2nc3ccc4ccc5ccc(-c6nc(-c7cccc([Si](c8ccccc8)(c8ccccc8)c8ccccc8)c7)nc(-c7cccc8oc9ccccc9c78)n6)cc5c4c3o2)cc1. The van der Waals surface area contributed by atoms with E-state index in [9.17, 15) is 0 Å². The minimum absolute atomic E-state index is 0.557. The first kappa shape index (κ1) is 38.7. The first-order chi connectivity index (χ1) is 33.2. The molecule has 6 nitrogen and oxygen atoms in total. The van der Waals surface area contributed by atoms with Crippen LogP contribution in [0, 0.1) is 0 Å². The van der Waals surface area contributed by atoms with Gasteiger partial charge in [-0.25, -0.2) is 19.9 Å². The van der Waals surface area contributed by atoms with Crippen molar-refractivity contribution in [1.29, 1.82) is 0 Å². The van der Waals surface area contributed by atoms with Gasteiger partial charge in [0.2, 0.25) is 5.89 Å². The van der Waals surface area contributed by atoms with Crippen LogP contribution < -0.4 is 20.7 Å². The smallest absolute Gasteiger partial charge is 0.227 e. The first-order valence-electron chi connectivity index (χ1n) is 22.5. The van der Waals surface area contributed by atoms with Gasteiger partial charge < -0.3 is 8.83 Å². The Kier molecular flexibility index (Phi) is 9.08. The number of nitrogens with zero attached hydrogens (tertiary/aromatic N) is 4. The lowest BCUT2D eigenvalue weighted by Gasteiger charge is -2.34. The molecule has 13 rings (SSSR count). The molecule has 3 aromatic heterocycles. The summed E-state index contributed by atoms with van der Waals surface area (Å²) in [5, 5.41) is 11.2. The quantitative estimate of drug-likeness (QED) is 0.0860. The van der Waals surface area contributed by atoms with Crippen molar-refractivity contribution in [3.05, 3.63) is 231 Å². The summed E-state index contributed by atoms with van der Waals surface area (Å²) in [6, 6.07) is 81.0. The third-order valence-corrected chi connectivity index (χ3v) is 17.9. The predicted molar refractivity (Wildman–Crippen MR) is 275 cm³/mol. The van der Waals surface area contributed by atoms with E-state index in [4.69, 9.17) is 28.8 Å². The maximum absolute atomic E-state index is 6.62. The summed E-state index contributed by atoms with van der Waals surface area (Å²) in [7, 11) is -2.87. The van der Waals surface area contributed by atoms with E-state index in [1.807, 2.05) is 66.7 Å². The van der Waals surface area contributed by atoms with Crippen molar-refractivity contribution in [2.45, 2.75) is 0 Å². The van der Waals surface area contributed by atoms with Gasteiger partial charge in [-0.05, 0) is 73.3 Å². The number of rotatable bonds is 8. The Morgan fingerprint density at radius 2 is 0.866 bits per heavy atom. The highest BCUT2D eigenvalue weighted by Crippen LogP contribution is 2.39. The number of hydrogen-bond donors (Lipinski definition) is 0. The molecule has 0 fully saturated rings. The van der Waals surface area contributed by atoms with Crippen LogP contribution in [0.3, 0.4) is 0 Å². The van der Waals surface area contributed by atoms with Crippen LogP contribution in [0.4, 0.5) is 0 Å². The lowest BCUT2D eigenvalue weighted by Crippen LogP contribution is -2.74. The molecule has 0 aliphatic rings. The molecule has 0 radical (unpaired) electrons. The van der Waals surface area contributed by atoms with Crippen molar-refractivity contribution >= 4 is 83.4 Å². The first-order valence-corrected chi connectivity index (χ1v) is 24.5. The van der Waals surface area contributed by atoms with Crippen LogP contribution in [0.1, 0.15) is 0 Å². The second-order valence-corrected chi connectivity index (χ2v) is 20.7. The minimum Gasteiger partial charge on any atom is -0.456 e. The van der Waals surface area contributed by atoms with Crippen LogP contribution in [0.15, 0.2) is 239 Å². The number of aromatic nitrogens is 4. The third-order valence-electron chi connectivity index (χ3n) is 13.1. The summed E-state index contributed by atoms with van der Waals surface area (Å²) in [4.78, 5) is 21.1. The molecule has 3 heterocycles. The lowest BCUT2D eigenvalue weighted by atomic mass is 9.99. The molecule has 67 heavy (non-hydrogen) atoms. The summed E-state index contributed by atoms with van der Waals surface area (Å²) < 4.78 is 13.0. The highest BCUT2D eigenvalue weighted by Gasteiger charge is 2.41. The number of benzene rings is 10. The van der Waals surface area contributed by atoms with Crippen molar-refractivity contribution in [3.8, 4) is 45.6 Å². The summed E-state index contributed by atoms with van der Waals surface area (Å²) in [6.07, 6.45) is 0. The normalized spacial score (nSPS) is 11.9. The summed E-state index contributed by atoms with van der Waals surface area (Å²) in [6.45, 7) is 0. The van der Waals surface area contributed by atoms with Crippen LogP contribution in [-0.2, 0) is 0 Å². The third kappa shape index (κ3) is 6.39. The number of oxazole rings is 1. The highest BCUT2D eigenvalue weighted by atomic mass is 28.3. The Balaban J connectivity index is 1.06. The number of furan rings is 1. The summed E-state index contributed by atoms with van der Waals surface area (Å²) in [5.41, 5.74) is 6.68. The van der Waals surface area contributed by atoms with Crippen molar-refractivity contribution in [1.82, 2.24) is 19.9 Å². The second kappa shape index (κ2) is 15.7. The zero-order valence-electron chi connectivity index (χ0n) is 36.0. The van der Waals surface area contributed by atoms with Crippen LogP contribution in [0.2, 0.25) is 0 Å². The van der Waals surface area contributed by atoms with E-state index in [1.165, 1.54) is 20.7 Å². The number of hydrogen-bond acceptors (Lipinski definition) is 6. The molecule has 0 saturated carbocycles. The van der Waals surface area contributed by atoms with Gasteiger partial charge in [0.25, 0.3) is 0 Å². The van der Waals surface area contributed by atoms with Gasteiger partial charge in [-0.1, -0.05) is 194 Å². The van der Waals surface area contributed by atoms with E-state index >= 15 is 0 Å². The van der Waals surface area contributed by atoms with Gasteiger partial charge in [0, 0.05) is 38.4 Å². The molecule has 0 N–H and O–H groups in total. The Labute approximate surface area is 386 Å². The molecule has 7 heteroatoms. The lowest BCUT2D eigenvalue weighted by molar-refractivity contribution is 0.623. The Morgan fingerprint density at radius 1 is 0.328 bits per heavy atom. The molecule has 13 aromatic rings. The van der Waals surface area contributed by atoms with Gasteiger partial charge in [-0.15, -0.1) is 0 Å². The standard InChI is InChI=1S/C60H38N4O2Si/c1-5-17-41(18-6-1)60-61-51-36-35-40-33-31-39-32-34-43(38-50(39)54(40)56(51)66-60)58-62-57(63-59(64-58)49-28-16-30-53-55(49)48-27-13-14-29-52(48)65-53)42-19-15-26-47(37-42)67(44-20-7-2-8-21-44,45-22-9-3-10-23-45)46-24-11-4-12-25-46/h1-38H. The van der Waals surface area contributed by atoms with Gasteiger partial charge in [-0.2, -0.15) is 0 Å². The molecule has 0 aliphatic heterocycles.